The Morgan fingerprint density at radius 1 is 0.600 bits per heavy atom. The summed E-state index contributed by atoms with van der Waals surface area (Å²) >= 11 is 0. The van der Waals surface area contributed by atoms with Crippen molar-refractivity contribution in [2.24, 2.45) is 0 Å². The number of carbonyl (C=O) groups excluding carboxylic acids is 6. The first-order valence-corrected chi connectivity index (χ1v) is 19.4. The minimum Gasteiger partial charge on any atom is -0.453 e. The van der Waals surface area contributed by atoms with Crippen LogP contribution in [0, 0.1) is 0 Å². The van der Waals surface area contributed by atoms with Crippen molar-refractivity contribution in [2.45, 2.75) is 49.9 Å². The average molecular weight is 817 g/mol. The third-order valence-electron chi connectivity index (χ3n) is 10.4. The number of nitrogens with one attached hydrogen (secondary N) is 6. The van der Waals surface area contributed by atoms with Crippen molar-refractivity contribution in [3.63, 3.8) is 0 Å². The second-order valence-corrected chi connectivity index (χ2v) is 14.2. The fourth-order valence-electron chi connectivity index (χ4n) is 7.46. The lowest BCUT2D eigenvalue weighted by atomic mass is 10.1. The normalized spacial score (nSPS) is 17.0. The molecule has 0 aliphatic carbocycles. The van der Waals surface area contributed by atoms with Crippen LogP contribution in [-0.2, 0) is 19.1 Å². The molecule has 0 spiro atoms. The fourth-order valence-corrected chi connectivity index (χ4v) is 7.46. The van der Waals surface area contributed by atoms with E-state index in [1.165, 1.54) is 26.6 Å². The summed E-state index contributed by atoms with van der Waals surface area (Å²) in [4.78, 5) is 96.7. The zero-order valence-corrected chi connectivity index (χ0v) is 32.8. The highest BCUT2D eigenvalue weighted by molar-refractivity contribution is 6.04. The Kier molecular flexibility index (Phi) is 12.5. The summed E-state index contributed by atoms with van der Waals surface area (Å²) in [5.41, 5.74) is 2.48. The molecular formula is C42H44N10O8. The molecule has 60 heavy (non-hydrogen) atoms. The van der Waals surface area contributed by atoms with Gasteiger partial charge in [0.1, 0.15) is 35.1 Å². The van der Waals surface area contributed by atoms with Crippen LogP contribution in [0.3, 0.4) is 0 Å². The van der Waals surface area contributed by atoms with Crippen LogP contribution in [0.25, 0.3) is 0 Å². The Labute approximate surface area is 344 Å². The standard InChI is InChI=1S/C42H44N10O8/c1-59-41(57)49-33(25-11-5-3-6-12-25)39(55)51-21-9-15-31(51)35-43-23-29(47-35)37(53)45-27-17-19-28(20-18-27)46-38(54)30-24-44-36(48-30)32-16-10-22-52(32)40(56)34(50-42(58)60-2)26-13-7-4-8-14-26/h3-8,11-14,17-20,23-24,31-34H,9-10,15-16,21-22H2,1-2H3,(H,43,47)(H,44,48)(H,45,53)(H,46,54)(H,49,57)(H,50,58)/t31-,32-,33+,34+/m1/s1. The van der Waals surface area contributed by atoms with Gasteiger partial charge in [-0.25, -0.2) is 19.6 Å². The molecule has 2 fully saturated rings. The second kappa shape index (κ2) is 18.4. The van der Waals surface area contributed by atoms with E-state index in [9.17, 15) is 28.8 Å². The molecule has 5 aromatic rings. The third kappa shape index (κ3) is 9.12. The molecule has 18 nitrogen and oxygen atoms in total. The smallest absolute Gasteiger partial charge is 0.407 e. The first kappa shape index (κ1) is 40.7. The predicted octanol–water partition coefficient (Wildman–Crippen LogP) is 5.16. The van der Waals surface area contributed by atoms with Crippen LogP contribution in [0.5, 0.6) is 0 Å². The van der Waals surface area contributed by atoms with Crippen molar-refractivity contribution < 1.29 is 38.2 Å². The topological polar surface area (TPSA) is 233 Å². The first-order chi connectivity index (χ1) is 29.1. The Bertz CT molecular complexity index is 2170. The van der Waals surface area contributed by atoms with Gasteiger partial charge in [0.15, 0.2) is 0 Å². The van der Waals surface area contributed by atoms with Gasteiger partial charge < -0.3 is 50.5 Å². The van der Waals surface area contributed by atoms with Crippen molar-refractivity contribution >= 4 is 47.2 Å². The van der Waals surface area contributed by atoms with Crippen LogP contribution < -0.4 is 21.3 Å². The molecule has 18 heteroatoms. The van der Waals surface area contributed by atoms with E-state index in [-0.39, 0.29) is 23.2 Å². The number of hydrogen-bond acceptors (Lipinski definition) is 10. The molecule has 4 atom stereocenters. The number of alkyl carbamates (subject to hydrolysis) is 2. The Morgan fingerprint density at radius 3 is 1.35 bits per heavy atom. The SMILES string of the molecule is COC(=O)N[C@H](C(=O)N1CCC[C@@H]1c1ncc(C(=O)Nc2ccc(NC(=O)c3cnc([C@H]4CCCN4C(=O)[C@@H](NC(=O)OC)c4ccccc4)[nH]3)cc2)[nH]1)c1ccccc1. The van der Waals surface area contributed by atoms with Crippen molar-refractivity contribution in [3.05, 3.63) is 131 Å². The predicted molar refractivity (Wildman–Crippen MR) is 216 cm³/mol. The summed E-state index contributed by atoms with van der Waals surface area (Å²) in [5, 5.41) is 10.9. The van der Waals surface area contributed by atoms with Crippen LogP contribution in [0.15, 0.2) is 97.3 Å². The fraction of sp³-hybridized carbons (Fsp3) is 0.286. The maximum absolute atomic E-state index is 13.8. The monoisotopic (exact) mass is 816 g/mol. The molecule has 0 bridgehead atoms. The molecule has 2 aliphatic rings. The van der Waals surface area contributed by atoms with E-state index in [4.69, 9.17) is 9.47 Å². The summed E-state index contributed by atoms with van der Waals surface area (Å²) in [6.07, 6.45) is 3.96. The highest BCUT2D eigenvalue weighted by atomic mass is 16.5. The van der Waals surface area contributed by atoms with Crippen molar-refractivity contribution in [3.8, 4) is 0 Å². The van der Waals surface area contributed by atoms with Gasteiger partial charge in [-0.3, -0.25) is 19.2 Å². The number of aromatic amines is 2. The number of aromatic nitrogens is 4. The number of anilines is 2. The van der Waals surface area contributed by atoms with Gasteiger partial charge in [0.2, 0.25) is 0 Å². The molecule has 6 amide bonds. The van der Waals surface area contributed by atoms with Gasteiger partial charge in [-0.15, -0.1) is 0 Å². The molecule has 7 rings (SSSR count). The quantitative estimate of drug-likeness (QED) is 0.0968. The van der Waals surface area contributed by atoms with E-state index in [1.807, 2.05) is 12.1 Å². The van der Waals surface area contributed by atoms with E-state index in [0.717, 1.165) is 0 Å². The van der Waals surface area contributed by atoms with Gasteiger partial charge in [0, 0.05) is 24.5 Å². The van der Waals surface area contributed by atoms with Gasteiger partial charge in [-0.05, 0) is 61.1 Å². The van der Waals surface area contributed by atoms with Gasteiger partial charge in [0.25, 0.3) is 23.6 Å². The van der Waals surface area contributed by atoms with E-state index < -0.39 is 48.2 Å². The van der Waals surface area contributed by atoms with Gasteiger partial charge in [-0.2, -0.15) is 0 Å². The number of hydrogen-bond donors (Lipinski definition) is 6. The van der Waals surface area contributed by atoms with Crippen molar-refractivity contribution in [1.82, 2.24) is 40.4 Å². The molecule has 6 N–H and O–H groups in total. The van der Waals surface area contributed by atoms with Crippen LogP contribution in [0.2, 0.25) is 0 Å². The number of H-pyrrole nitrogens is 2. The Morgan fingerprint density at radius 2 is 0.983 bits per heavy atom. The molecule has 2 aliphatic heterocycles. The summed E-state index contributed by atoms with van der Waals surface area (Å²) in [6, 6.07) is 21.5. The number of carbonyl (C=O) groups is 6. The van der Waals surface area contributed by atoms with E-state index in [0.29, 0.717) is 72.9 Å². The largest absolute Gasteiger partial charge is 0.453 e. The number of amides is 6. The lowest BCUT2D eigenvalue weighted by molar-refractivity contribution is -0.135. The van der Waals surface area contributed by atoms with Crippen molar-refractivity contribution in [2.75, 3.05) is 37.9 Å². The first-order valence-electron chi connectivity index (χ1n) is 19.4. The van der Waals surface area contributed by atoms with Crippen LogP contribution >= 0.6 is 0 Å². The zero-order valence-electron chi connectivity index (χ0n) is 32.8. The van der Waals surface area contributed by atoms with Crippen LogP contribution in [0.1, 0.15) is 93.6 Å². The minimum atomic E-state index is -0.973. The molecule has 310 valence electrons. The molecule has 0 unspecified atom stereocenters. The summed E-state index contributed by atoms with van der Waals surface area (Å²) in [7, 11) is 2.46. The number of rotatable bonds is 12. The van der Waals surface area contributed by atoms with Crippen LogP contribution in [0.4, 0.5) is 21.0 Å². The highest BCUT2D eigenvalue weighted by Crippen LogP contribution is 2.34. The second-order valence-electron chi connectivity index (χ2n) is 14.2. The highest BCUT2D eigenvalue weighted by Gasteiger charge is 2.39. The summed E-state index contributed by atoms with van der Waals surface area (Å²) < 4.78 is 9.54. The zero-order chi connectivity index (χ0) is 42.2. The third-order valence-corrected chi connectivity index (χ3v) is 10.4. The van der Waals surface area contributed by atoms with Crippen LogP contribution in [-0.4, -0.2) is 92.9 Å². The summed E-state index contributed by atoms with van der Waals surface area (Å²) in [5.74, 6) is -0.696. The van der Waals surface area contributed by atoms with Gasteiger partial charge in [0.05, 0.1) is 38.7 Å². The van der Waals surface area contributed by atoms with E-state index in [1.54, 1.807) is 82.6 Å². The summed E-state index contributed by atoms with van der Waals surface area (Å²) in [6.45, 7) is 0.880. The van der Waals surface area contributed by atoms with E-state index >= 15 is 0 Å². The molecule has 2 aromatic heterocycles. The van der Waals surface area contributed by atoms with Gasteiger partial charge >= 0.3 is 12.2 Å². The lowest BCUT2D eigenvalue weighted by Crippen LogP contribution is -2.42. The number of benzene rings is 3. The number of likely N-dealkylation sites (tertiary alicyclic amines) is 2. The lowest BCUT2D eigenvalue weighted by Gasteiger charge is -2.28. The number of nitrogens with zero attached hydrogens (tertiary/aromatic N) is 4. The van der Waals surface area contributed by atoms with Gasteiger partial charge in [-0.1, -0.05) is 60.7 Å². The molecule has 4 heterocycles. The number of ether oxygens (including phenoxy) is 2. The minimum absolute atomic E-state index is 0.182. The Balaban J connectivity index is 0.953. The number of methoxy groups -OCH3 is 2. The molecular weight excluding hydrogens is 773 g/mol. The maximum atomic E-state index is 13.8. The Hall–Kier alpha value is -7.50. The van der Waals surface area contributed by atoms with E-state index in [2.05, 4.69) is 41.2 Å². The maximum Gasteiger partial charge on any atom is 0.407 e. The molecule has 0 saturated carbocycles. The molecule has 2 saturated heterocycles. The van der Waals surface area contributed by atoms with Crippen molar-refractivity contribution in [1.29, 1.82) is 0 Å². The molecule has 0 radical (unpaired) electrons. The average Bonchev–Trinajstić information content (AvgIpc) is 4.12. The molecule has 3 aromatic carbocycles. The number of imidazole rings is 2.